The number of benzene rings is 1. The minimum absolute atomic E-state index is 0.0265. The van der Waals surface area contributed by atoms with Gasteiger partial charge in [0.1, 0.15) is 0 Å². The van der Waals surface area contributed by atoms with Crippen LogP contribution in [0.1, 0.15) is 13.3 Å². The molecular formula is C12H15ClN2O. The Bertz CT molecular complexity index is 394. The van der Waals surface area contributed by atoms with Crippen molar-refractivity contribution in [3.8, 4) is 0 Å². The first kappa shape index (κ1) is 11.4. The largest absolute Gasteiger partial charge is 0.325 e. The molecule has 2 unspecified atom stereocenters. The van der Waals surface area contributed by atoms with Gasteiger partial charge in [0.2, 0.25) is 5.91 Å². The van der Waals surface area contributed by atoms with Crippen molar-refractivity contribution in [2.24, 2.45) is 5.92 Å². The lowest BCUT2D eigenvalue weighted by molar-refractivity contribution is -0.115. The third-order valence-electron chi connectivity index (χ3n) is 2.74. The molecule has 0 aromatic heterocycles. The Hall–Kier alpha value is -1.06. The minimum Gasteiger partial charge on any atom is -0.325 e. The summed E-state index contributed by atoms with van der Waals surface area (Å²) in [4.78, 5) is 11.5. The lowest BCUT2D eigenvalue weighted by Crippen LogP contribution is -2.30. The summed E-state index contributed by atoms with van der Waals surface area (Å²) in [7, 11) is 0. The van der Waals surface area contributed by atoms with E-state index in [2.05, 4.69) is 17.6 Å². The van der Waals surface area contributed by atoms with Crippen LogP contribution in [-0.4, -0.2) is 18.5 Å². The molecule has 3 nitrogen and oxygen atoms in total. The van der Waals surface area contributed by atoms with Crippen LogP contribution in [0.25, 0.3) is 0 Å². The molecule has 2 N–H and O–H groups in total. The molecule has 86 valence electrons. The number of amides is 1. The highest BCUT2D eigenvalue weighted by Crippen LogP contribution is 2.28. The van der Waals surface area contributed by atoms with Crippen LogP contribution in [0.4, 0.5) is 5.69 Å². The van der Waals surface area contributed by atoms with Crippen molar-refractivity contribution in [1.82, 2.24) is 5.32 Å². The summed E-state index contributed by atoms with van der Waals surface area (Å²) >= 11 is 5.82. The van der Waals surface area contributed by atoms with E-state index in [0.29, 0.717) is 23.5 Å². The van der Waals surface area contributed by atoms with Gasteiger partial charge in [-0.2, -0.15) is 0 Å². The summed E-state index contributed by atoms with van der Waals surface area (Å²) in [5.41, 5.74) is 0.739. The Morgan fingerprint density at radius 1 is 1.56 bits per heavy atom. The summed E-state index contributed by atoms with van der Waals surface area (Å²) < 4.78 is 0. The molecule has 0 heterocycles. The van der Waals surface area contributed by atoms with Gasteiger partial charge in [-0.15, -0.1) is 0 Å². The Morgan fingerprint density at radius 2 is 2.31 bits per heavy atom. The van der Waals surface area contributed by atoms with E-state index in [1.165, 1.54) is 6.42 Å². The number of hydrogen-bond donors (Lipinski definition) is 2. The highest BCUT2D eigenvalue weighted by Gasteiger charge is 2.32. The maximum Gasteiger partial charge on any atom is 0.238 e. The molecule has 1 fully saturated rings. The van der Waals surface area contributed by atoms with E-state index in [1.807, 2.05) is 12.1 Å². The average Bonchev–Trinajstić information content (AvgIpc) is 2.92. The molecular weight excluding hydrogens is 224 g/mol. The molecule has 0 bridgehead atoms. The number of anilines is 1. The Balaban J connectivity index is 1.78. The van der Waals surface area contributed by atoms with Crippen molar-refractivity contribution in [3.63, 3.8) is 0 Å². The SMILES string of the molecule is CC1CC1NCC(=O)Nc1cccc(Cl)c1. The first-order valence-corrected chi connectivity index (χ1v) is 5.82. The van der Waals surface area contributed by atoms with Crippen LogP contribution in [0.2, 0.25) is 5.02 Å². The van der Waals surface area contributed by atoms with Crippen molar-refractivity contribution >= 4 is 23.2 Å². The fraction of sp³-hybridized carbons (Fsp3) is 0.417. The van der Waals surface area contributed by atoms with Crippen molar-refractivity contribution < 1.29 is 4.79 Å². The predicted molar refractivity (Wildman–Crippen MR) is 65.7 cm³/mol. The van der Waals surface area contributed by atoms with Gasteiger partial charge in [0.15, 0.2) is 0 Å². The third kappa shape index (κ3) is 3.22. The van der Waals surface area contributed by atoms with Gasteiger partial charge >= 0.3 is 0 Å². The smallest absolute Gasteiger partial charge is 0.238 e. The van der Waals surface area contributed by atoms with E-state index < -0.39 is 0 Å². The fourth-order valence-corrected chi connectivity index (χ4v) is 1.79. The van der Waals surface area contributed by atoms with Crippen LogP contribution >= 0.6 is 11.6 Å². The fourth-order valence-electron chi connectivity index (χ4n) is 1.60. The van der Waals surface area contributed by atoms with Crippen molar-refractivity contribution in [2.45, 2.75) is 19.4 Å². The van der Waals surface area contributed by atoms with Gasteiger partial charge in [-0.05, 0) is 30.5 Å². The maximum atomic E-state index is 11.5. The summed E-state index contributed by atoms with van der Waals surface area (Å²) in [5.74, 6) is 0.681. The minimum atomic E-state index is -0.0265. The number of nitrogens with one attached hydrogen (secondary N) is 2. The van der Waals surface area contributed by atoms with Crippen molar-refractivity contribution in [2.75, 3.05) is 11.9 Å². The number of rotatable bonds is 4. The molecule has 1 aromatic rings. The van der Waals surface area contributed by atoms with Crippen LogP contribution in [0.3, 0.4) is 0 Å². The van der Waals surface area contributed by atoms with E-state index in [0.717, 1.165) is 5.69 Å². The summed E-state index contributed by atoms with van der Waals surface area (Å²) in [5, 5.41) is 6.62. The summed E-state index contributed by atoms with van der Waals surface area (Å²) in [6.45, 7) is 2.54. The Kier molecular flexibility index (Phi) is 3.46. The Labute approximate surface area is 100 Å². The molecule has 2 rings (SSSR count). The lowest BCUT2D eigenvalue weighted by Gasteiger charge is -2.06. The van der Waals surface area contributed by atoms with Gasteiger partial charge in [0.05, 0.1) is 6.54 Å². The topological polar surface area (TPSA) is 41.1 Å². The Morgan fingerprint density at radius 3 is 2.94 bits per heavy atom. The second-order valence-corrected chi connectivity index (χ2v) is 4.70. The number of carbonyl (C=O) groups is 1. The van der Waals surface area contributed by atoms with Gasteiger partial charge < -0.3 is 10.6 Å². The highest BCUT2D eigenvalue weighted by atomic mass is 35.5. The zero-order valence-corrected chi connectivity index (χ0v) is 9.92. The van der Waals surface area contributed by atoms with E-state index in [-0.39, 0.29) is 5.91 Å². The van der Waals surface area contributed by atoms with E-state index in [9.17, 15) is 4.79 Å². The van der Waals surface area contributed by atoms with Crippen LogP contribution in [0, 0.1) is 5.92 Å². The van der Waals surface area contributed by atoms with E-state index in [1.54, 1.807) is 12.1 Å². The molecule has 0 radical (unpaired) electrons. The zero-order chi connectivity index (χ0) is 11.5. The molecule has 1 aromatic carbocycles. The lowest BCUT2D eigenvalue weighted by atomic mass is 10.3. The van der Waals surface area contributed by atoms with Gasteiger partial charge in [0, 0.05) is 16.8 Å². The van der Waals surface area contributed by atoms with Gasteiger partial charge in [0.25, 0.3) is 0 Å². The van der Waals surface area contributed by atoms with Gasteiger partial charge in [-0.1, -0.05) is 24.6 Å². The monoisotopic (exact) mass is 238 g/mol. The highest BCUT2D eigenvalue weighted by molar-refractivity contribution is 6.30. The van der Waals surface area contributed by atoms with Crippen LogP contribution in [-0.2, 0) is 4.79 Å². The average molecular weight is 239 g/mol. The quantitative estimate of drug-likeness (QED) is 0.845. The first-order chi connectivity index (χ1) is 7.65. The maximum absolute atomic E-state index is 11.5. The molecule has 2 atom stereocenters. The van der Waals surface area contributed by atoms with Crippen molar-refractivity contribution in [3.05, 3.63) is 29.3 Å². The molecule has 0 aliphatic heterocycles. The molecule has 0 spiro atoms. The van der Waals surface area contributed by atoms with E-state index in [4.69, 9.17) is 11.6 Å². The standard InChI is InChI=1S/C12H15ClN2O/c1-8-5-11(8)14-7-12(16)15-10-4-2-3-9(13)6-10/h2-4,6,8,11,14H,5,7H2,1H3,(H,15,16). The van der Waals surface area contributed by atoms with Crippen LogP contribution < -0.4 is 10.6 Å². The van der Waals surface area contributed by atoms with E-state index >= 15 is 0 Å². The third-order valence-corrected chi connectivity index (χ3v) is 2.98. The van der Waals surface area contributed by atoms with Crippen LogP contribution in [0.15, 0.2) is 24.3 Å². The molecule has 1 aliphatic rings. The first-order valence-electron chi connectivity index (χ1n) is 5.44. The molecule has 1 amide bonds. The summed E-state index contributed by atoms with van der Waals surface area (Å²) in [6, 6.07) is 7.67. The molecule has 4 heteroatoms. The zero-order valence-electron chi connectivity index (χ0n) is 9.16. The second-order valence-electron chi connectivity index (χ2n) is 4.26. The molecule has 0 saturated heterocycles. The molecule has 16 heavy (non-hydrogen) atoms. The van der Waals surface area contributed by atoms with Gasteiger partial charge in [-0.25, -0.2) is 0 Å². The van der Waals surface area contributed by atoms with Gasteiger partial charge in [-0.3, -0.25) is 4.79 Å². The predicted octanol–water partition coefficient (Wildman–Crippen LogP) is 2.28. The summed E-state index contributed by atoms with van der Waals surface area (Å²) in [6.07, 6.45) is 1.17. The van der Waals surface area contributed by atoms with Crippen LogP contribution in [0.5, 0.6) is 0 Å². The second kappa shape index (κ2) is 4.85. The number of halogens is 1. The number of carbonyl (C=O) groups excluding carboxylic acids is 1. The normalized spacial score (nSPS) is 22.9. The van der Waals surface area contributed by atoms with Crippen molar-refractivity contribution in [1.29, 1.82) is 0 Å². The molecule has 1 saturated carbocycles. The molecule has 1 aliphatic carbocycles. The number of hydrogen-bond acceptors (Lipinski definition) is 2.